The van der Waals surface area contributed by atoms with Gasteiger partial charge in [-0.25, -0.2) is 0 Å². The second-order valence-electron chi connectivity index (χ2n) is 24.7. The molecular formula is C80H60N2O2. The molecular weight excluding hydrogens is 1020 g/mol. The molecule has 402 valence electrons. The molecule has 4 nitrogen and oxygen atoms in total. The molecule has 0 saturated heterocycles. The second-order valence-corrected chi connectivity index (χ2v) is 24.7. The zero-order chi connectivity index (χ0) is 56.0. The largest absolute Gasteiger partial charge is 0.453 e. The van der Waals surface area contributed by atoms with E-state index in [1.54, 1.807) is 0 Å². The molecule has 3 unspecified atom stereocenters. The Bertz CT molecular complexity index is 4670. The highest BCUT2D eigenvalue weighted by Gasteiger charge is 2.45. The van der Waals surface area contributed by atoms with Gasteiger partial charge < -0.3 is 19.3 Å². The van der Waals surface area contributed by atoms with Crippen molar-refractivity contribution in [2.24, 2.45) is 5.92 Å². The van der Waals surface area contributed by atoms with Gasteiger partial charge >= 0.3 is 0 Å². The molecule has 11 aromatic carbocycles. The summed E-state index contributed by atoms with van der Waals surface area (Å²) in [5, 5.41) is 4.72. The summed E-state index contributed by atoms with van der Waals surface area (Å²) in [6.45, 7) is 9.72. The first-order valence-electron chi connectivity index (χ1n) is 29.7. The fraction of sp³-hybridized carbons (Fsp3) is 0.125. The average Bonchev–Trinajstić information content (AvgIpc) is 1.03. The Labute approximate surface area is 491 Å². The van der Waals surface area contributed by atoms with Crippen LogP contribution in [0.25, 0.3) is 60.5 Å². The molecule has 0 aromatic heterocycles. The molecule has 4 heteroatoms. The molecule has 3 atom stereocenters. The van der Waals surface area contributed by atoms with E-state index in [0.717, 1.165) is 63.5 Å². The van der Waals surface area contributed by atoms with Gasteiger partial charge in [0.1, 0.15) is 0 Å². The molecule has 0 N–H and O–H groups in total. The van der Waals surface area contributed by atoms with Gasteiger partial charge in [0.15, 0.2) is 23.0 Å². The summed E-state index contributed by atoms with van der Waals surface area (Å²) in [4.78, 5) is 4.78. The minimum Gasteiger partial charge on any atom is -0.453 e. The first kappa shape index (κ1) is 48.8. The quantitative estimate of drug-likeness (QED) is 0.155. The number of fused-ring (bicyclic) bond motifs is 11. The van der Waals surface area contributed by atoms with Crippen LogP contribution in [-0.2, 0) is 10.8 Å². The van der Waals surface area contributed by atoms with Crippen LogP contribution in [0.15, 0.2) is 266 Å². The average molecular weight is 1080 g/mol. The molecule has 11 aromatic rings. The smallest absolute Gasteiger partial charge is 0.151 e. The monoisotopic (exact) mass is 1080 g/mol. The number of anilines is 6. The molecule has 2 heterocycles. The van der Waals surface area contributed by atoms with Crippen molar-refractivity contribution in [3.63, 3.8) is 0 Å². The summed E-state index contributed by atoms with van der Waals surface area (Å²) in [7, 11) is 0. The standard InChI is InChI=1S/C80H60N2O2/c1-79(2)65-27-11-9-23-55(65)57-41-37-49(45-67(57)79)53-21-5-7-25-59(53)77-61-43-39-52(82-71-31-15-19-35-75(71)84-76-36-20-16-32-72(76)82)48-64(61)78(60-26-8-6-22-54(60)50-38-42-58-56-24-10-12-28-66(56)80(3,4)68(58)46-50)62-44-40-51(47-63(62)77)81-69-29-13-17-33-73(69)83-74-34-18-14-30-70(74)81/h5-45,47-48,50,55,65H,46H2,1-4H3. The number of nitrogens with zero attached hydrogens (tertiary/aromatic N) is 2. The number of hydrogen-bond donors (Lipinski definition) is 0. The molecule has 0 bridgehead atoms. The highest BCUT2D eigenvalue weighted by Crippen LogP contribution is 2.59. The second kappa shape index (κ2) is 18.3. The minimum atomic E-state index is -0.0913. The highest BCUT2D eigenvalue weighted by atomic mass is 16.5. The van der Waals surface area contributed by atoms with Gasteiger partial charge in [-0.05, 0) is 179 Å². The van der Waals surface area contributed by atoms with E-state index < -0.39 is 0 Å². The third-order valence-electron chi connectivity index (χ3n) is 19.6. The molecule has 0 fully saturated rings. The third kappa shape index (κ3) is 7.13. The van der Waals surface area contributed by atoms with Crippen molar-refractivity contribution in [1.29, 1.82) is 0 Å². The zero-order valence-electron chi connectivity index (χ0n) is 47.5. The summed E-state index contributed by atoms with van der Waals surface area (Å²) in [5.74, 6) is 4.21. The Kier molecular flexibility index (Phi) is 10.6. The molecule has 0 radical (unpaired) electrons. The highest BCUT2D eigenvalue weighted by molar-refractivity contribution is 6.24. The molecule has 84 heavy (non-hydrogen) atoms. The van der Waals surface area contributed by atoms with Crippen LogP contribution in [0.2, 0.25) is 0 Å². The van der Waals surface area contributed by atoms with Gasteiger partial charge in [0.25, 0.3) is 0 Å². The van der Waals surface area contributed by atoms with Crippen LogP contribution in [0.1, 0.15) is 73.8 Å². The van der Waals surface area contributed by atoms with Crippen LogP contribution in [0.4, 0.5) is 34.1 Å². The lowest BCUT2D eigenvalue weighted by molar-refractivity contribution is 0.394. The maximum atomic E-state index is 6.65. The number of rotatable bonds is 6. The van der Waals surface area contributed by atoms with E-state index in [1.165, 1.54) is 93.9 Å². The van der Waals surface area contributed by atoms with Crippen molar-refractivity contribution in [2.75, 3.05) is 9.80 Å². The number of ether oxygens (including phenoxy) is 2. The summed E-state index contributed by atoms with van der Waals surface area (Å²) >= 11 is 0. The van der Waals surface area contributed by atoms with E-state index in [9.17, 15) is 0 Å². The molecule has 6 aliphatic rings. The molecule has 0 spiro atoms. The first-order valence-corrected chi connectivity index (χ1v) is 29.7. The topological polar surface area (TPSA) is 24.9 Å². The predicted octanol–water partition coefficient (Wildman–Crippen LogP) is 22.1. The van der Waals surface area contributed by atoms with Gasteiger partial charge in [-0.15, -0.1) is 0 Å². The fourth-order valence-corrected chi connectivity index (χ4v) is 15.6. The van der Waals surface area contributed by atoms with E-state index in [4.69, 9.17) is 9.47 Å². The lowest BCUT2D eigenvalue weighted by Gasteiger charge is -2.34. The molecule has 2 aliphatic heterocycles. The zero-order valence-corrected chi connectivity index (χ0v) is 47.5. The number of allylic oxidation sites excluding steroid dienone is 8. The Hall–Kier alpha value is -9.90. The summed E-state index contributed by atoms with van der Waals surface area (Å²) in [6, 6.07) is 83.0. The Morgan fingerprint density at radius 1 is 0.405 bits per heavy atom. The van der Waals surface area contributed by atoms with Crippen molar-refractivity contribution >= 4 is 61.2 Å². The molecule has 0 amide bonds. The van der Waals surface area contributed by atoms with Crippen LogP contribution in [0, 0.1) is 5.92 Å². The first-order chi connectivity index (χ1) is 41.2. The Morgan fingerprint density at radius 2 is 0.905 bits per heavy atom. The fourth-order valence-electron chi connectivity index (χ4n) is 15.6. The third-order valence-corrected chi connectivity index (χ3v) is 19.6. The van der Waals surface area contributed by atoms with Gasteiger partial charge in [-0.3, -0.25) is 0 Å². The van der Waals surface area contributed by atoms with Gasteiger partial charge in [0.05, 0.1) is 22.7 Å². The van der Waals surface area contributed by atoms with Crippen LogP contribution < -0.4 is 19.3 Å². The van der Waals surface area contributed by atoms with Crippen molar-refractivity contribution in [2.45, 2.75) is 56.8 Å². The number of hydrogen-bond acceptors (Lipinski definition) is 4. The minimum absolute atomic E-state index is 0.0451. The van der Waals surface area contributed by atoms with E-state index in [-0.39, 0.29) is 16.7 Å². The van der Waals surface area contributed by atoms with Gasteiger partial charge in [-0.2, -0.15) is 0 Å². The van der Waals surface area contributed by atoms with Crippen LogP contribution in [0.5, 0.6) is 23.0 Å². The van der Waals surface area contributed by atoms with E-state index in [1.807, 2.05) is 0 Å². The summed E-state index contributed by atoms with van der Waals surface area (Å²) < 4.78 is 13.3. The number of para-hydroxylation sites is 8. The normalized spacial score (nSPS) is 18.7. The van der Waals surface area contributed by atoms with Crippen LogP contribution in [-0.4, -0.2) is 0 Å². The van der Waals surface area contributed by atoms with Crippen LogP contribution >= 0.6 is 0 Å². The van der Waals surface area contributed by atoms with Gasteiger partial charge in [0, 0.05) is 28.6 Å². The van der Waals surface area contributed by atoms with Crippen molar-refractivity contribution < 1.29 is 9.47 Å². The molecule has 4 aliphatic carbocycles. The van der Waals surface area contributed by atoms with E-state index in [2.05, 4.69) is 298 Å². The maximum absolute atomic E-state index is 6.65. The van der Waals surface area contributed by atoms with E-state index in [0.29, 0.717) is 11.8 Å². The summed E-state index contributed by atoms with van der Waals surface area (Å²) in [6.07, 6.45) is 15.2. The maximum Gasteiger partial charge on any atom is 0.151 e. The van der Waals surface area contributed by atoms with Crippen LogP contribution in [0.3, 0.4) is 0 Å². The lowest BCUT2D eigenvalue weighted by Crippen LogP contribution is -2.24. The van der Waals surface area contributed by atoms with Crippen molar-refractivity contribution in [1.82, 2.24) is 0 Å². The number of benzene rings is 11. The van der Waals surface area contributed by atoms with E-state index >= 15 is 0 Å². The van der Waals surface area contributed by atoms with Gasteiger partial charge in [0.2, 0.25) is 0 Å². The van der Waals surface area contributed by atoms with Gasteiger partial charge in [-0.1, -0.05) is 221 Å². The summed E-state index contributed by atoms with van der Waals surface area (Å²) in [5.41, 5.74) is 23.1. The predicted molar refractivity (Wildman–Crippen MR) is 348 cm³/mol. The lowest BCUT2D eigenvalue weighted by atomic mass is 9.73. The van der Waals surface area contributed by atoms with Crippen molar-refractivity contribution in [3.05, 3.63) is 294 Å². The van der Waals surface area contributed by atoms with Crippen molar-refractivity contribution in [3.8, 4) is 56.4 Å². The Balaban J connectivity index is 0.960. The Morgan fingerprint density at radius 3 is 1.51 bits per heavy atom. The molecule has 17 rings (SSSR count). The molecule has 0 saturated carbocycles. The SMILES string of the molecule is CC1(C)C2=C(C=CC(c3ccccc3-c3c4ccc(N5c6ccccc6Oc6ccccc65)cc4c(-c4ccccc4-c4ccc5c(c4)C(C)(C)C4C=CC=CC54)c4ccc(N5c6ccccc6Oc6ccccc65)cc34)C2)c2ccccc21.